The number of aliphatic hydroxyl groups is 3. The zero-order chi connectivity index (χ0) is 15.3. The van der Waals surface area contributed by atoms with Gasteiger partial charge >= 0.3 is 5.69 Å². The van der Waals surface area contributed by atoms with Crippen LogP contribution in [0.5, 0.6) is 0 Å². The lowest BCUT2D eigenvalue weighted by atomic mass is 10.1. The van der Waals surface area contributed by atoms with Crippen molar-refractivity contribution in [1.82, 2.24) is 19.1 Å². The van der Waals surface area contributed by atoms with E-state index >= 15 is 0 Å². The minimum absolute atomic E-state index is 0.0441. The second kappa shape index (κ2) is 4.77. The summed E-state index contributed by atoms with van der Waals surface area (Å²) in [5, 5.41) is 36.7. The van der Waals surface area contributed by atoms with E-state index < -0.39 is 36.8 Å². The molecule has 3 rings (SSSR count). The molecule has 0 amide bonds. The molecule has 10 heteroatoms. The largest absolute Gasteiger partial charge is 0.394 e. The number of hydrogen-bond donors (Lipinski definition) is 5. The predicted molar refractivity (Wildman–Crippen MR) is 68.2 cm³/mol. The monoisotopic (exact) mass is 297 g/mol. The van der Waals surface area contributed by atoms with Gasteiger partial charge in [0.2, 0.25) is 0 Å². The number of ether oxygens (including phenoxy) is 1. The third-order valence-electron chi connectivity index (χ3n) is 3.62. The fourth-order valence-electron chi connectivity index (χ4n) is 2.44. The van der Waals surface area contributed by atoms with Crippen LogP contribution in [0.4, 0.5) is 0 Å². The molecule has 114 valence electrons. The Balaban J connectivity index is 2.18. The highest BCUT2D eigenvalue weighted by atomic mass is 16.6. The van der Waals surface area contributed by atoms with Crippen molar-refractivity contribution in [2.75, 3.05) is 6.61 Å². The van der Waals surface area contributed by atoms with E-state index in [4.69, 9.17) is 15.3 Å². The molecule has 2 aromatic heterocycles. The highest BCUT2D eigenvalue weighted by Gasteiger charge is 2.44. The third-order valence-corrected chi connectivity index (χ3v) is 3.62. The van der Waals surface area contributed by atoms with Gasteiger partial charge in [-0.1, -0.05) is 0 Å². The molecule has 1 aliphatic rings. The topological polar surface area (TPSA) is 149 Å². The number of rotatable bonds is 2. The molecule has 4 unspecified atom stereocenters. The van der Waals surface area contributed by atoms with E-state index in [1.807, 2.05) is 0 Å². The molecule has 0 bridgehead atoms. The van der Waals surface area contributed by atoms with Crippen molar-refractivity contribution in [3.05, 3.63) is 22.3 Å². The summed E-state index contributed by atoms with van der Waals surface area (Å²) in [4.78, 5) is 18.6. The summed E-state index contributed by atoms with van der Waals surface area (Å²) in [6, 6.07) is 0. The van der Waals surface area contributed by atoms with Gasteiger partial charge < -0.3 is 29.6 Å². The molecule has 0 spiro atoms. The van der Waals surface area contributed by atoms with E-state index in [-0.39, 0.29) is 16.7 Å². The van der Waals surface area contributed by atoms with Gasteiger partial charge in [-0.25, -0.2) is 14.3 Å². The number of fused-ring (bicyclic) bond motifs is 1. The minimum atomic E-state index is -1.39. The van der Waals surface area contributed by atoms with E-state index in [2.05, 4.69) is 9.97 Å². The number of imidazole rings is 1. The Morgan fingerprint density at radius 3 is 2.81 bits per heavy atom. The van der Waals surface area contributed by atoms with Gasteiger partial charge in [-0.3, -0.25) is 5.41 Å². The molecular formula is C11H15N5O5. The Morgan fingerprint density at radius 1 is 1.48 bits per heavy atom. The summed E-state index contributed by atoms with van der Waals surface area (Å²) in [7, 11) is 1.61. The van der Waals surface area contributed by atoms with E-state index in [1.54, 1.807) is 7.05 Å². The fraction of sp³-hybridized carbons (Fsp3) is 0.545. The Hall–Kier alpha value is -2.01. The molecular weight excluding hydrogens is 282 g/mol. The van der Waals surface area contributed by atoms with Crippen molar-refractivity contribution in [2.45, 2.75) is 24.5 Å². The molecule has 4 atom stereocenters. The van der Waals surface area contributed by atoms with Crippen LogP contribution in [0.15, 0.2) is 11.1 Å². The van der Waals surface area contributed by atoms with Crippen molar-refractivity contribution < 1.29 is 20.1 Å². The molecule has 0 radical (unpaired) electrons. The third kappa shape index (κ3) is 1.92. The quantitative estimate of drug-likeness (QED) is 0.403. The fourth-order valence-corrected chi connectivity index (χ4v) is 2.44. The summed E-state index contributed by atoms with van der Waals surface area (Å²) in [5.74, 6) is 0. The summed E-state index contributed by atoms with van der Waals surface area (Å²) in [6.07, 6.45) is -3.51. The van der Waals surface area contributed by atoms with E-state index in [0.29, 0.717) is 0 Å². The Labute approximate surface area is 117 Å². The minimum Gasteiger partial charge on any atom is -0.394 e. The SMILES string of the molecule is Cn1cnc2c([nH]c(=O)n2C2OC(CO)C(O)C2O)c1=N. The summed E-state index contributed by atoms with van der Waals surface area (Å²) in [5.41, 5.74) is -0.240. The van der Waals surface area contributed by atoms with Crippen LogP contribution in [0.2, 0.25) is 0 Å². The molecule has 0 aromatic carbocycles. The Morgan fingerprint density at radius 2 is 2.19 bits per heavy atom. The van der Waals surface area contributed by atoms with E-state index in [1.165, 1.54) is 10.9 Å². The van der Waals surface area contributed by atoms with Gasteiger partial charge in [0.05, 0.1) is 12.9 Å². The first-order valence-corrected chi connectivity index (χ1v) is 6.28. The number of nitrogens with zero attached hydrogens (tertiary/aromatic N) is 3. The van der Waals surface area contributed by atoms with Crippen LogP contribution in [0.3, 0.4) is 0 Å². The zero-order valence-corrected chi connectivity index (χ0v) is 11.1. The first-order chi connectivity index (χ1) is 9.95. The summed E-state index contributed by atoms with van der Waals surface area (Å²) >= 11 is 0. The van der Waals surface area contributed by atoms with Crippen LogP contribution in [-0.4, -0.2) is 59.3 Å². The van der Waals surface area contributed by atoms with Crippen molar-refractivity contribution in [3.8, 4) is 0 Å². The molecule has 1 aliphatic heterocycles. The average molecular weight is 297 g/mol. The molecule has 3 heterocycles. The number of H-pyrrole nitrogens is 1. The number of hydrogen-bond acceptors (Lipinski definition) is 7. The van der Waals surface area contributed by atoms with Crippen LogP contribution >= 0.6 is 0 Å². The first kappa shape index (κ1) is 13.9. The van der Waals surface area contributed by atoms with Gasteiger partial charge in [0.15, 0.2) is 17.4 Å². The molecule has 0 aliphatic carbocycles. The van der Waals surface area contributed by atoms with Gasteiger partial charge in [0, 0.05) is 7.05 Å². The lowest BCUT2D eigenvalue weighted by Crippen LogP contribution is -2.34. The van der Waals surface area contributed by atoms with Crippen molar-refractivity contribution in [1.29, 1.82) is 5.41 Å². The van der Waals surface area contributed by atoms with Gasteiger partial charge in [-0.2, -0.15) is 0 Å². The summed E-state index contributed by atoms with van der Waals surface area (Å²) in [6.45, 7) is -0.488. The van der Waals surface area contributed by atoms with Crippen molar-refractivity contribution >= 4 is 11.2 Å². The highest BCUT2D eigenvalue weighted by molar-refractivity contribution is 5.68. The number of nitrogens with one attached hydrogen (secondary N) is 2. The van der Waals surface area contributed by atoms with Gasteiger partial charge in [-0.05, 0) is 0 Å². The second-order valence-electron chi connectivity index (χ2n) is 4.93. The lowest BCUT2D eigenvalue weighted by molar-refractivity contribution is -0.0524. The van der Waals surface area contributed by atoms with Crippen LogP contribution in [-0.2, 0) is 11.8 Å². The normalized spacial score (nSPS) is 29.3. The van der Waals surface area contributed by atoms with Crippen molar-refractivity contribution in [2.24, 2.45) is 7.05 Å². The molecule has 10 nitrogen and oxygen atoms in total. The van der Waals surface area contributed by atoms with Gasteiger partial charge in [-0.15, -0.1) is 0 Å². The maximum atomic E-state index is 12.1. The standard InChI is InChI=1S/C11H15N5O5/c1-15-3-13-9-5(8(15)12)14-11(20)16(9)10-7(19)6(18)4(2-17)21-10/h3-4,6-7,10,12,17-19H,2H2,1H3,(H,14,20). The van der Waals surface area contributed by atoms with Crippen LogP contribution < -0.4 is 11.2 Å². The van der Waals surface area contributed by atoms with E-state index in [0.717, 1.165) is 4.57 Å². The van der Waals surface area contributed by atoms with Gasteiger partial charge in [0.25, 0.3) is 0 Å². The number of aliphatic hydroxyl groups excluding tert-OH is 3. The molecule has 1 fully saturated rings. The molecule has 5 N–H and O–H groups in total. The molecule has 0 saturated carbocycles. The number of aromatic amines is 1. The number of aromatic nitrogens is 4. The van der Waals surface area contributed by atoms with Crippen LogP contribution in [0, 0.1) is 5.41 Å². The van der Waals surface area contributed by atoms with Gasteiger partial charge in [0.1, 0.15) is 23.8 Å². The predicted octanol–water partition coefficient (Wildman–Crippen LogP) is -2.85. The molecule has 1 saturated heterocycles. The molecule has 21 heavy (non-hydrogen) atoms. The average Bonchev–Trinajstić information content (AvgIpc) is 2.93. The molecule has 2 aromatic rings. The van der Waals surface area contributed by atoms with Crippen LogP contribution in [0.1, 0.15) is 6.23 Å². The van der Waals surface area contributed by atoms with Crippen molar-refractivity contribution in [3.63, 3.8) is 0 Å². The van der Waals surface area contributed by atoms with Crippen LogP contribution in [0.25, 0.3) is 11.2 Å². The Kier molecular flexibility index (Phi) is 3.17. The summed E-state index contributed by atoms with van der Waals surface area (Å²) < 4.78 is 7.78. The Bertz CT molecular complexity index is 792. The first-order valence-electron chi connectivity index (χ1n) is 6.28. The maximum Gasteiger partial charge on any atom is 0.330 e. The number of aryl methyl sites for hydroxylation is 1. The smallest absolute Gasteiger partial charge is 0.330 e. The highest BCUT2D eigenvalue weighted by Crippen LogP contribution is 2.29. The maximum absolute atomic E-state index is 12.1. The second-order valence-corrected chi connectivity index (χ2v) is 4.93. The zero-order valence-electron chi connectivity index (χ0n) is 11.1. The lowest BCUT2D eigenvalue weighted by Gasteiger charge is -2.15. The van der Waals surface area contributed by atoms with E-state index in [9.17, 15) is 15.0 Å².